The van der Waals surface area contributed by atoms with Crippen molar-refractivity contribution in [2.45, 2.75) is 12.5 Å². The summed E-state index contributed by atoms with van der Waals surface area (Å²) < 4.78 is 12.1. The third-order valence-corrected chi connectivity index (χ3v) is 5.40. The molecule has 1 aliphatic heterocycles. The second kappa shape index (κ2) is 7.92. The Hall–Kier alpha value is -4.17. The van der Waals surface area contributed by atoms with Gasteiger partial charge in [-0.1, -0.05) is 30.3 Å². The van der Waals surface area contributed by atoms with Gasteiger partial charge < -0.3 is 9.47 Å². The highest BCUT2D eigenvalue weighted by atomic mass is 16.5. The van der Waals surface area contributed by atoms with Crippen LogP contribution in [0.3, 0.4) is 0 Å². The molecule has 1 aliphatic rings. The number of nitrogens with zero attached hydrogens (tertiary/aromatic N) is 2. The van der Waals surface area contributed by atoms with E-state index in [9.17, 15) is 4.79 Å². The maximum atomic E-state index is 12.1. The van der Waals surface area contributed by atoms with Crippen LogP contribution in [0, 0.1) is 11.3 Å². The molecule has 0 aliphatic carbocycles. The Morgan fingerprint density at radius 1 is 1.03 bits per heavy atom. The molecular weight excluding hydrogens is 388 g/mol. The molecule has 0 radical (unpaired) electrons. The van der Waals surface area contributed by atoms with Gasteiger partial charge in [-0.15, -0.1) is 0 Å². The number of Topliss-reactive ketones (excluding diaryl/α,β-unsaturated/α-hetero) is 1. The molecule has 0 bridgehead atoms. The van der Waals surface area contributed by atoms with E-state index in [0.717, 1.165) is 22.0 Å². The molecule has 1 aromatic heterocycles. The summed E-state index contributed by atoms with van der Waals surface area (Å²) in [7, 11) is 0. The lowest BCUT2D eigenvalue weighted by Gasteiger charge is -2.23. The van der Waals surface area contributed by atoms with Gasteiger partial charge in [-0.05, 0) is 42.0 Å². The number of rotatable bonds is 4. The number of benzene rings is 3. The lowest BCUT2D eigenvalue weighted by Crippen LogP contribution is -2.16. The van der Waals surface area contributed by atoms with Crippen LogP contribution in [-0.4, -0.2) is 17.4 Å². The van der Waals surface area contributed by atoms with Gasteiger partial charge in [0.1, 0.15) is 17.6 Å². The standard InChI is InChI=1S/C26H18N2O3/c27-16-17-5-7-18(8-6-17)26(21-11-13-28-23-4-2-1-3-20(21)23)31-19-9-10-22-24(29)12-14-30-25(22)15-19/h1-11,13,15,26H,12,14H2. The quantitative estimate of drug-likeness (QED) is 0.463. The molecule has 0 amide bonds. The zero-order valence-electron chi connectivity index (χ0n) is 16.6. The van der Waals surface area contributed by atoms with Crippen molar-refractivity contribution in [2.24, 2.45) is 0 Å². The summed E-state index contributed by atoms with van der Waals surface area (Å²) in [6.07, 6.45) is 1.73. The van der Waals surface area contributed by atoms with Crippen LogP contribution in [0.5, 0.6) is 11.5 Å². The fraction of sp³-hybridized carbons (Fsp3) is 0.115. The van der Waals surface area contributed by atoms with Gasteiger partial charge in [-0.2, -0.15) is 5.26 Å². The molecule has 1 atom stereocenters. The van der Waals surface area contributed by atoms with Gasteiger partial charge in [0.25, 0.3) is 0 Å². The number of carbonyl (C=O) groups excluding carboxylic acids is 1. The van der Waals surface area contributed by atoms with Crippen molar-refractivity contribution < 1.29 is 14.3 Å². The first-order chi connectivity index (χ1) is 15.2. The van der Waals surface area contributed by atoms with Gasteiger partial charge in [-0.3, -0.25) is 9.78 Å². The van der Waals surface area contributed by atoms with Crippen LogP contribution < -0.4 is 9.47 Å². The minimum Gasteiger partial charge on any atom is -0.492 e. The van der Waals surface area contributed by atoms with Crippen molar-refractivity contribution in [1.82, 2.24) is 4.98 Å². The van der Waals surface area contributed by atoms with E-state index in [-0.39, 0.29) is 5.78 Å². The highest BCUT2D eigenvalue weighted by Crippen LogP contribution is 2.35. The van der Waals surface area contributed by atoms with Crippen LogP contribution in [0.1, 0.15) is 39.6 Å². The van der Waals surface area contributed by atoms with Crippen LogP contribution in [0.25, 0.3) is 10.9 Å². The fourth-order valence-electron chi connectivity index (χ4n) is 3.84. The molecule has 0 N–H and O–H groups in total. The van der Waals surface area contributed by atoms with Crippen LogP contribution in [-0.2, 0) is 0 Å². The molecule has 5 nitrogen and oxygen atoms in total. The minimum absolute atomic E-state index is 0.0802. The fourth-order valence-corrected chi connectivity index (χ4v) is 3.84. The number of para-hydroxylation sites is 1. The summed E-state index contributed by atoms with van der Waals surface area (Å²) in [5, 5.41) is 10.2. The number of aromatic nitrogens is 1. The van der Waals surface area contributed by atoms with Gasteiger partial charge in [-0.25, -0.2) is 0 Å². The van der Waals surface area contributed by atoms with E-state index in [1.54, 1.807) is 36.5 Å². The van der Waals surface area contributed by atoms with Crippen LogP contribution in [0.4, 0.5) is 0 Å². The van der Waals surface area contributed by atoms with E-state index in [0.29, 0.717) is 35.7 Å². The van der Waals surface area contributed by atoms with E-state index < -0.39 is 6.10 Å². The maximum absolute atomic E-state index is 12.1. The topological polar surface area (TPSA) is 72.2 Å². The van der Waals surface area contributed by atoms with Crippen molar-refractivity contribution in [1.29, 1.82) is 5.26 Å². The summed E-state index contributed by atoms with van der Waals surface area (Å²) >= 11 is 0. The first-order valence-electron chi connectivity index (χ1n) is 10.0. The Balaban J connectivity index is 1.60. The van der Waals surface area contributed by atoms with Crippen molar-refractivity contribution in [3.8, 4) is 17.6 Å². The lowest BCUT2D eigenvalue weighted by molar-refractivity contribution is 0.0933. The van der Waals surface area contributed by atoms with E-state index >= 15 is 0 Å². The van der Waals surface area contributed by atoms with Crippen molar-refractivity contribution >= 4 is 16.7 Å². The number of fused-ring (bicyclic) bond motifs is 2. The summed E-state index contributed by atoms with van der Waals surface area (Å²) in [4.78, 5) is 16.6. The molecule has 0 fully saturated rings. The zero-order chi connectivity index (χ0) is 21.2. The normalized spacial score (nSPS) is 13.7. The van der Waals surface area contributed by atoms with Crippen molar-refractivity contribution in [3.05, 3.63) is 101 Å². The predicted molar refractivity (Wildman–Crippen MR) is 116 cm³/mol. The SMILES string of the molecule is N#Cc1ccc(C(Oc2ccc3c(c2)OCCC3=O)c2ccnc3ccccc23)cc1. The smallest absolute Gasteiger partial charge is 0.169 e. The molecule has 150 valence electrons. The average molecular weight is 406 g/mol. The average Bonchev–Trinajstić information content (AvgIpc) is 2.82. The summed E-state index contributed by atoms with van der Waals surface area (Å²) in [5.74, 6) is 1.23. The second-order valence-electron chi connectivity index (χ2n) is 7.33. The van der Waals surface area contributed by atoms with E-state index in [2.05, 4.69) is 11.1 Å². The summed E-state index contributed by atoms with van der Waals surface area (Å²) in [6.45, 7) is 0.378. The van der Waals surface area contributed by atoms with Gasteiger partial charge >= 0.3 is 0 Å². The molecule has 1 unspecified atom stereocenters. The van der Waals surface area contributed by atoms with E-state index in [1.165, 1.54) is 0 Å². The number of ketones is 1. The van der Waals surface area contributed by atoms with Crippen molar-refractivity contribution in [3.63, 3.8) is 0 Å². The Labute approximate surface area is 179 Å². The zero-order valence-corrected chi connectivity index (χ0v) is 16.6. The molecule has 0 spiro atoms. The molecule has 4 aromatic rings. The molecule has 31 heavy (non-hydrogen) atoms. The van der Waals surface area contributed by atoms with E-state index in [4.69, 9.17) is 14.7 Å². The molecular formula is C26H18N2O3. The Bertz CT molecular complexity index is 1320. The first kappa shape index (κ1) is 18.8. The minimum atomic E-state index is -0.432. The summed E-state index contributed by atoms with van der Waals surface area (Å²) in [5.41, 5.74) is 3.92. The number of ether oxygens (including phenoxy) is 2. The molecule has 5 heteroatoms. The maximum Gasteiger partial charge on any atom is 0.169 e. The predicted octanol–water partition coefficient (Wildman–Crippen LogP) is 5.24. The number of hydrogen-bond donors (Lipinski definition) is 0. The number of pyridine rings is 1. The lowest BCUT2D eigenvalue weighted by atomic mass is 9.97. The molecule has 2 heterocycles. The van der Waals surface area contributed by atoms with Crippen LogP contribution >= 0.6 is 0 Å². The van der Waals surface area contributed by atoms with Crippen LogP contribution in [0.15, 0.2) is 79.0 Å². The number of carbonyl (C=O) groups is 1. The Morgan fingerprint density at radius 3 is 2.71 bits per heavy atom. The molecule has 0 saturated carbocycles. The van der Waals surface area contributed by atoms with E-state index in [1.807, 2.05) is 42.5 Å². The monoisotopic (exact) mass is 406 g/mol. The number of nitriles is 1. The molecule has 5 rings (SSSR count). The van der Waals surface area contributed by atoms with Gasteiger partial charge in [0, 0.05) is 29.6 Å². The highest BCUT2D eigenvalue weighted by Gasteiger charge is 2.22. The molecule has 3 aromatic carbocycles. The highest BCUT2D eigenvalue weighted by molar-refractivity contribution is 5.99. The van der Waals surface area contributed by atoms with Gasteiger partial charge in [0.05, 0.1) is 29.3 Å². The van der Waals surface area contributed by atoms with Crippen molar-refractivity contribution in [2.75, 3.05) is 6.61 Å². The Morgan fingerprint density at radius 2 is 1.87 bits per heavy atom. The number of hydrogen-bond acceptors (Lipinski definition) is 5. The third kappa shape index (κ3) is 3.60. The first-order valence-corrected chi connectivity index (χ1v) is 10.0. The van der Waals surface area contributed by atoms with Gasteiger partial charge in [0.15, 0.2) is 5.78 Å². The van der Waals surface area contributed by atoms with Crippen LogP contribution in [0.2, 0.25) is 0 Å². The Kier molecular flexibility index (Phi) is 4.81. The summed E-state index contributed by atoms with van der Waals surface area (Å²) in [6, 6.07) is 24.7. The molecule has 0 saturated heterocycles. The third-order valence-electron chi connectivity index (χ3n) is 5.40. The largest absolute Gasteiger partial charge is 0.492 e. The second-order valence-corrected chi connectivity index (χ2v) is 7.33. The van der Waals surface area contributed by atoms with Gasteiger partial charge in [0.2, 0.25) is 0 Å².